The van der Waals surface area contributed by atoms with Crippen LogP contribution in [0.15, 0.2) is 60.8 Å². The summed E-state index contributed by atoms with van der Waals surface area (Å²) in [6.07, 6.45) is 10.8. The van der Waals surface area contributed by atoms with Crippen molar-refractivity contribution >= 4 is 33.1 Å². The van der Waals surface area contributed by atoms with Crippen LogP contribution in [0.3, 0.4) is 0 Å². The number of aryl methyl sites for hydroxylation is 2. The van der Waals surface area contributed by atoms with Gasteiger partial charge >= 0.3 is 0 Å². The molecule has 0 amide bonds. The summed E-state index contributed by atoms with van der Waals surface area (Å²) < 4.78 is 0. The highest BCUT2D eigenvalue weighted by Gasteiger charge is 2.80. The topological polar surface area (TPSA) is 135 Å². The van der Waals surface area contributed by atoms with Crippen molar-refractivity contribution in [1.82, 2.24) is 29.9 Å². The van der Waals surface area contributed by atoms with Crippen LogP contribution in [0.2, 0.25) is 0 Å². The van der Waals surface area contributed by atoms with Gasteiger partial charge in [0, 0.05) is 29.5 Å². The van der Waals surface area contributed by atoms with E-state index >= 15 is 0 Å². The Bertz CT molecular complexity index is 1960. The Hall–Kier alpha value is -4.14. The van der Waals surface area contributed by atoms with Crippen LogP contribution in [-0.4, -0.2) is 41.0 Å². The van der Waals surface area contributed by atoms with Gasteiger partial charge in [-0.3, -0.25) is 4.98 Å². The largest absolute Gasteiger partial charge is 0.342 e. The highest BCUT2D eigenvalue weighted by molar-refractivity contribution is 5.87. The van der Waals surface area contributed by atoms with Crippen LogP contribution in [0.1, 0.15) is 50.2 Å². The van der Waals surface area contributed by atoms with Crippen molar-refractivity contribution < 1.29 is 0 Å². The minimum absolute atomic E-state index is 0.156. The van der Waals surface area contributed by atoms with Crippen LogP contribution in [0, 0.1) is 10.8 Å². The maximum atomic E-state index is 6.28. The van der Waals surface area contributed by atoms with Gasteiger partial charge in [-0.05, 0) is 96.9 Å². The Morgan fingerprint density at radius 1 is 0.595 bits per heavy atom. The third kappa shape index (κ3) is 3.36. The minimum Gasteiger partial charge on any atom is -0.342 e. The van der Waals surface area contributed by atoms with Crippen molar-refractivity contribution in [2.24, 2.45) is 22.3 Å². The summed E-state index contributed by atoms with van der Waals surface area (Å²) in [7, 11) is 0. The molecule has 3 heterocycles. The first-order chi connectivity index (χ1) is 20.3. The molecular formula is C34H32N8. The van der Waals surface area contributed by atoms with Crippen molar-refractivity contribution in [2.45, 2.75) is 62.4 Å². The third-order valence-electron chi connectivity index (χ3n) is 11.1. The zero-order chi connectivity index (χ0) is 27.9. The normalized spacial score (nSPS) is 30.0. The van der Waals surface area contributed by atoms with E-state index in [2.05, 4.69) is 64.6 Å². The summed E-state index contributed by atoms with van der Waals surface area (Å²) in [5.74, 6) is 2.09. The number of H-pyrrole nitrogens is 2. The Kier molecular flexibility index (Phi) is 4.15. The summed E-state index contributed by atoms with van der Waals surface area (Å²) in [4.78, 5) is 26.5. The van der Waals surface area contributed by atoms with Crippen LogP contribution < -0.4 is 11.5 Å². The van der Waals surface area contributed by atoms with E-state index in [0.717, 1.165) is 92.8 Å². The van der Waals surface area contributed by atoms with Gasteiger partial charge in [-0.2, -0.15) is 0 Å². The fraction of sp³-hybridized carbons (Fsp3) is 0.353. The number of aromatic nitrogens is 6. The number of hydrogen-bond donors (Lipinski definition) is 4. The number of rotatable bonds is 8. The van der Waals surface area contributed by atoms with Gasteiger partial charge in [0.05, 0.1) is 45.0 Å². The molecule has 6 aromatic rings. The molecule has 4 saturated carbocycles. The second kappa shape index (κ2) is 7.43. The number of nitrogens with two attached hydrogens (primary N) is 2. The number of fused-ring (bicyclic) bond motifs is 5. The zero-order valence-electron chi connectivity index (χ0n) is 23.4. The van der Waals surface area contributed by atoms with Gasteiger partial charge in [0.25, 0.3) is 0 Å². The standard InChI is InChI=1S/C34H32N8/c35-33-15-31(33,16-33)9-7-29-39-23-5-2-20(12-26(23)41-29)19-1-4-22-25(11-19)37-14-28(38-22)21-3-6-24-27(13-21)42-30(40-24)8-10-32-17-34(32,36)18-32/h1-6,11-14H,7-10,15-18,35-36H2,(H,39,41)(H,40,42). The van der Waals surface area contributed by atoms with Gasteiger partial charge in [0.1, 0.15) is 11.6 Å². The van der Waals surface area contributed by atoms with Crippen molar-refractivity contribution in [3.05, 3.63) is 72.4 Å². The minimum atomic E-state index is 0.156. The number of nitrogens with zero attached hydrogens (tertiary/aromatic N) is 4. The molecule has 3 aromatic carbocycles. The molecule has 42 heavy (non-hydrogen) atoms. The summed E-state index contributed by atoms with van der Waals surface area (Å²) >= 11 is 0. The molecule has 4 aliphatic carbocycles. The van der Waals surface area contributed by atoms with E-state index < -0.39 is 0 Å². The second-order valence-electron chi connectivity index (χ2n) is 13.9. The molecule has 10 rings (SSSR count). The van der Waals surface area contributed by atoms with E-state index in [4.69, 9.17) is 31.4 Å². The molecule has 4 fully saturated rings. The molecule has 8 nitrogen and oxygen atoms in total. The number of nitrogens with one attached hydrogen (secondary N) is 2. The lowest BCUT2D eigenvalue weighted by Crippen LogP contribution is -2.07. The van der Waals surface area contributed by atoms with Gasteiger partial charge in [0.15, 0.2) is 0 Å². The van der Waals surface area contributed by atoms with Crippen molar-refractivity contribution in [2.75, 3.05) is 0 Å². The molecule has 0 bridgehead atoms. The van der Waals surface area contributed by atoms with Crippen molar-refractivity contribution in [3.8, 4) is 22.4 Å². The van der Waals surface area contributed by atoms with Crippen molar-refractivity contribution in [1.29, 1.82) is 0 Å². The molecule has 0 saturated heterocycles. The number of imidazole rings is 2. The van der Waals surface area contributed by atoms with Crippen LogP contribution in [0.4, 0.5) is 0 Å². The van der Waals surface area contributed by atoms with E-state index in [0.29, 0.717) is 10.8 Å². The average molecular weight is 553 g/mol. The average Bonchev–Trinajstić information content (AvgIpc) is 3.86. The van der Waals surface area contributed by atoms with Crippen LogP contribution in [0.5, 0.6) is 0 Å². The first kappa shape index (κ1) is 23.4. The molecule has 0 radical (unpaired) electrons. The van der Waals surface area contributed by atoms with Crippen LogP contribution in [0.25, 0.3) is 55.5 Å². The van der Waals surface area contributed by atoms with E-state index in [1.54, 1.807) is 0 Å². The molecule has 0 atom stereocenters. The van der Waals surface area contributed by atoms with Gasteiger partial charge < -0.3 is 21.4 Å². The molecule has 8 heteroatoms. The van der Waals surface area contributed by atoms with Crippen LogP contribution in [-0.2, 0) is 12.8 Å². The van der Waals surface area contributed by atoms with E-state index in [-0.39, 0.29) is 11.1 Å². The smallest absolute Gasteiger partial charge is 0.107 e. The summed E-state index contributed by atoms with van der Waals surface area (Å²) in [5, 5.41) is 0. The summed E-state index contributed by atoms with van der Waals surface area (Å²) in [5.41, 5.74) is 23.7. The maximum Gasteiger partial charge on any atom is 0.107 e. The quantitative estimate of drug-likeness (QED) is 0.195. The lowest BCUT2D eigenvalue weighted by Gasteiger charge is -2.06. The number of hydrogen-bond acceptors (Lipinski definition) is 6. The summed E-state index contributed by atoms with van der Waals surface area (Å²) in [6.45, 7) is 0. The Morgan fingerprint density at radius 2 is 1.10 bits per heavy atom. The van der Waals surface area contributed by atoms with Gasteiger partial charge in [-0.25, -0.2) is 15.0 Å². The number of benzene rings is 3. The van der Waals surface area contributed by atoms with Gasteiger partial charge in [0.2, 0.25) is 0 Å². The second-order valence-corrected chi connectivity index (χ2v) is 13.9. The monoisotopic (exact) mass is 552 g/mol. The molecule has 3 aromatic heterocycles. The van der Waals surface area contributed by atoms with E-state index in [1.165, 1.54) is 25.7 Å². The van der Waals surface area contributed by atoms with Gasteiger partial charge in [-0.1, -0.05) is 18.2 Å². The molecule has 208 valence electrons. The first-order valence-electron chi connectivity index (χ1n) is 15.1. The Labute approximate surface area is 242 Å². The molecular weight excluding hydrogens is 520 g/mol. The fourth-order valence-electron chi connectivity index (χ4n) is 7.73. The lowest BCUT2D eigenvalue weighted by molar-refractivity contribution is 0.576. The first-order valence-corrected chi connectivity index (χ1v) is 15.1. The van der Waals surface area contributed by atoms with Crippen molar-refractivity contribution in [3.63, 3.8) is 0 Å². The SMILES string of the molecule is NC12CC1(CCc1nc3ccc(-c4ccc5nc(-c6ccc7nc(CCC89CC8(N)C9)[nH]c7c6)cnc5c4)cc3[nH]1)C2. The molecule has 0 unspecified atom stereocenters. The Balaban J connectivity index is 0.888. The fourth-order valence-corrected chi connectivity index (χ4v) is 7.73. The summed E-state index contributed by atoms with van der Waals surface area (Å²) in [6, 6.07) is 19.0. The Morgan fingerprint density at radius 3 is 1.67 bits per heavy atom. The zero-order valence-corrected chi connectivity index (χ0v) is 23.4. The highest BCUT2D eigenvalue weighted by Crippen LogP contribution is 2.79. The van der Waals surface area contributed by atoms with E-state index in [9.17, 15) is 0 Å². The number of aromatic amines is 2. The molecule has 6 N–H and O–H groups in total. The van der Waals surface area contributed by atoms with E-state index in [1.807, 2.05) is 6.20 Å². The molecule has 4 aliphatic rings. The highest BCUT2D eigenvalue weighted by atomic mass is 15.1. The lowest BCUT2D eigenvalue weighted by atomic mass is 10.0. The molecule has 0 spiro atoms. The van der Waals surface area contributed by atoms with Gasteiger partial charge in [-0.15, -0.1) is 0 Å². The van der Waals surface area contributed by atoms with Crippen LogP contribution >= 0.6 is 0 Å². The third-order valence-corrected chi connectivity index (χ3v) is 11.1. The molecule has 0 aliphatic heterocycles. The predicted octanol–water partition coefficient (Wildman–Crippen LogP) is 5.56. The predicted molar refractivity (Wildman–Crippen MR) is 164 cm³/mol. The maximum absolute atomic E-state index is 6.28.